The van der Waals surface area contributed by atoms with E-state index in [1.807, 2.05) is 20.8 Å². The predicted octanol–water partition coefficient (Wildman–Crippen LogP) is 3.91. The van der Waals surface area contributed by atoms with Gasteiger partial charge in [-0.2, -0.15) is 0 Å². The number of nitrogen functional groups attached to an aromatic ring is 1. The molecule has 0 bridgehead atoms. The lowest BCUT2D eigenvalue weighted by Gasteiger charge is -2.20. The molecule has 2 nitrogen and oxygen atoms in total. The fourth-order valence-electron chi connectivity index (χ4n) is 1.76. The number of hydrogen-bond acceptors (Lipinski definition) is 2. The fourth-order valence-corrected chi connectivity index (χ4v) is 1.92. The molecular formula is C13H14ClFN2. The van der Waals surface area contributed by atoms with Gasteiger partial charge >= 0.3 is 0 Å². The Morgan fingerprint density at radius 3 is 2.47 bits per heavy atom. The highest BCUT2D eigenvalue weighted by molar-refractivity contribution is 6.33. The van der Waals surface area contributed by atoms with E-state index in [2.05, 4.69) is 4.98 Å². The van der Waals surface area contributed by atoms with Crippen molar-refractivity contribution in [3.05, 3.63) is 34.6 Å². The van der Waals surface area contributed by atoms with Crippen LogP contribution in [0, 0.1) is 5.82 Å². The average Bonchev–Trinajstić information content (AvgIpc) is 2.18. The number of nitrogens with zero attached hydrogens (tertiary/aromatic N) is 1. The zero-order valence-electron chi connectivity index (χ0n) is 10.0. The Hall–Kier alpha value is -1.35. The summed E-state index contributed by atoms with van der Waals surface area (Å²) in [6, 6.07) is 4.82. The third kappa shape index (κ3) is 2.20. The number of hydrogen-bond donors (Lipinski definition) is 1. The van der Waals surface area contributed by atoms with Gasteiger partial charge < -0.3 is 5.73 Å². The van der Waals surface area contributed by atoms with Gasteiger partial charge in [0.05, 0.1) is 10.5 Å². The lowest BCUT2D eigenvalue weighted by atomic mass is 9.86. The molecule has 4 heteroatoms. The topological polar surface area (TPSA) is 38.9 Å². The number of rotatable bonds is 0. The number of benzene rings is 1. The van der Waals surface area contributed by atoms with Crippen LogP contribution in [0.15, 0.2) is 18.2 Å². The summed E-state index contributed by atoms with van der Waals surface area (Å²) in [4.78, 5) is 4.17. The third-order valence-corrected chi connectivity index (χ3v) is 2.99. The average molecular weight is 253 g/mol. The minimum Gasteiger partial charge on any atom is -0.382 e. The summed E-state index contributed by atoms with van der Waals surface area (Å²) in [7, 11) is 0. The van der Waals surface area contributed by atoms with Gasteiger partial charge in [0, 0.05) is 5.39 Å². The van der Waals surface area contributed by atoms with E-state index in [9.17, 15) is 4.39 Å². The third-order valence-electron chi connectivity index (χ3n) is 2.69. The normalized spacial score (nSPS) is 12.1. The fraction of sp³-hybridized carbons (Fsp3) is 0.308. The Labute approximate surface area is 105 Å². The van der Waals surface area contributed by atoms with Gasteiger partial charge in [0.25, 0.3) is 0 Å². The first-order chi connectivity index (χ1) is 7.79. The second-order valence-electron chi connectivity index (χ2n) is 5.13. The van der Waals surface area contributed by atoms with Crippen LogP contribution in [0.3, 0.4) is 0 Å². The summed E-state index contributed by atoms with van der Waals surface area (Å²) in [5.41, 5.74) is 6.67. The zero-order valence-corrected chi connectivity index (χ0v) is 10.8. The summed E-state index contributed by atoms with van der Waals surface area (Å²) >= 11 is 5.86. The van der Waals surface area contributed by atoms with Crippen molar-refractivity contribution >= 4 is 28.3 Å². The standard InChI is InChI=1S/C13H14ClFN2/c1-13(2,3)8-6-11-7(5-10(8)15)4-9(14)12(16)17-11/h4-6H,1-3H3,(H2,16,17). The number of aromatic nitrogens is 1. The first-order valence-electron chi connectivity index (χ1n) is 5.35. The molecule has 0 saturated carbocycles. The van der Waals surface area contributed by atoms with E-state index in [1.54, 1.807) is 12.1 Å². The number of fused-ring (bicyclic) bond motifs is 1. The first kappa shape index (κ1) is 12.1. The zero-order chi connectivity index (χ0) is 12.8. The Kier molecular flexibility index (Phi) is 2.74. The monoisotopic (exact) mass is 252 g/mol. The molecule has 90 valence electrons. The maximum absolute atomic E-state index is 13.9. The minimum atomic E-state index is -0.269. The van der Waals surface area contributed by atoms with E-state index in [4.69, 9.17) is 17.3 Å². The van der Waals surface area contributed by atoms with Crippen molar-refractivity contribution in [2.45, 2.75) is 26.2 Å². The smallest absolute Gasteiger partial charge is 0.142 e. The van der Waals surface area contributed by atoms with E-state index in [0.29, 0.717) is 21.5 Å². The summed E-state index contributed by atoms with van der Waals surface area (Å²) in [5, 5.41) is 1.01. The Morgan fingerprint density at radius 2 is 1.88 bits per heavy atom. The molecule has 2 rings (SSSR count). The molecule has 0 radical (unpaired) electrons. The number of pyridine rings is 1. The molecule has 0 aliphatic rings. The highest BCUT2D eigenvalue weighted by atomic mass is 35.5. The van der Waals surface area contributed by atoms with Crippen molar-refractivity contribution in [1.29, 1.82) is 0 Å². The van der Waals surface area contributed by atoms with Crippen LogP contribution in [0.4, 0.5) is 10.2 Å². The first-order valence-corrected chi connectivity index (χ1v) is 5.72. The molecule has 2 N–H and O–H groups in total. The molecule has 0 amide bonds. The van der Waals surface area contributed by atoms with Gasteiger partial charge in [-0.25, -0.2) is 9.37 Å². The number of halogens is 2. The van der Waals surface area contributed by atoms with Crippen LogP contribution < -0.4 is 5.73 Å². The summed E-state index contributed by atoms with van der Waals surface area (Å²) in [6.07, 6.45) is 0. The second-order valence-corrected chi connectivity index (χ2v) is 5.54. The highest BCUT2D eigenvalue weighted by Gasteiger charge is 2.19. The lowest BCUT2D eigenvalue weighted by molar-refractivity contribution is 0.524. The highest BCUT2D eigenvalue weighted by Crippen LogP contribution is 2.30. The van der Waals surface area contributed by atoms with Crippen LogP contribution >= 0.6 is 11.6 Å². The molecule has 1 heterocycles. The molecule has 1 aromatic heterocycles. The maximum Gasteiger partial charge on any atom is 0.142 e. The quantitative estimate of drug-likeness (QED) is 0.772. The van der Waals surface area contributed by atoms with E-state index >= 15 is 0 Å². The molecule has 0 spiro atoms. The van der Waals surface area contributed by atoms with Gasteiger partial charge in [-0.15, -0.1) is 0 Å². The largest absolute Gasteiger partial charge is 0.382 e. The van der Waals surface area contributed by atoms with Crippen LogP contribution in [0.25, 0.3) is 10.9 Å². The van der Waals surface area contributed by atoms with E-state index in [1.165, 1.54) is 6.07 Å². The van der Waals surface area contributed by atoms with E-state index in [0.717, 1.165) is 0 Å². The Balaban J connectivity index is 2.76. The van der Waals surface area contributed by atoms with Gasteiger partial charge in [0.15, 0.2) is 0 Å². The molecule has 0 saturated heterocycles. The molecule has 2 aromatic rings. The van der Waals surface area contributed by atoms with Crippen LogP contribution in [-0.4, -0.2) is 4.98 Å². The van der Waals surface area contributed by atoms with Crippen molar-refractivity contribution in [3.8, 4) is 0 Å². The van der Waals surface area contributed by atoms with Gasteiger partial charge in [0.1, 0.15) is 11.6 Å². The molecule has 0 unspecified atom stereocenters. The minimum absolute atomic E-state index is 0.243. The number of nitrogens with two attached hydrogens (primary N) is 1. The number of anilines is 1. The molecule has 1 aromatic carbocycles. The predicted molar refractivity (Wildman–Crippen MR) is 69.8 cm³/mol. The SMILES string of the molecule is CC(C)(C)c1cc2nc(N)c(Cl)cc2cc1F. The van der Waals surface area contributed by atoms with Crippen molar-refractivity contribution in [1.82, 2.24) is 4.98 Å². The van der Waals surface area contributed by atoms with E-state index in [-0.39, 0.29) is 17.1 Å². The van der Waals surface area contributed by atoms with E-state index < -0.39 is 0 Å². The molecule has 0 aliphatic carbocycles. The lowest BCUT2D eigenvalue weighted by Crippen LogP contribution is -2.13. The van der Waals surface area contributed by atoms with Crippen molar-refractivity contribution in [3.63, 3.8) is 0 Å². The van der Waals surface area contributed by atoms with Crippen molar-refractivity contribution in [2.24, 2.45) is 0 Å². The van der Waals surface area contributed by atoms with Gasteiger partial charge in [-0.3, -0.25) is 0 Å². The van der Waals surface area contributed by atoms with Crippen molar-refractivity contribution < 1.29 is 4.39 Å². The van der Waals surface area contributed by atoms with Gasteiger partial charge in [-0.05, 0) is 29.2 Å². The molecule has 0 fully saturated rings. The van der Waals surface area contributed by atoms with Crippen LogP contribution in [-0.2, 0) is 5.41 Å². The van der Waals surface area contributed by atoms with Crippen LogP contribution in [0.5, 0.6) is 0 Å². The summed E-state index contributed by atoms with van der Waals surface area (Å²) in [5.74, 6) is 0.0262. The summed E-state index contributed by atoms with van der Waals surface area (Å²) in [6.45, 7) is 5.86. The van der Waals surface area contributed by atoms with Crippen LogP contribution in [0.2, 0.25) is 5.02 Å². The molecular weight excluding hydrogens is 239 g/mol. The molecule has 0 atom stereocenters. The van der Waals surface area contributed by atoms with Crippen molar-refractivity contribution in [2.75, 3.05) is 5.73 Å². The van der Waals surface area contributed by atoms with Gasteiger partial charge in [0.2, 0.25) is 0 Å². The second kappa shape index (κ2) is 3.84. The van der Waals surface area contributed by atoms with Gasteiger partial charge in [-0.1, -0.05) is 32.4 Å². The molecule has 0 aliphatic heterocycles. The maximum atomic E-state index is 13.9. The summed E-state index contributed by atoms with van der Waals surface area (Å²) < 4.78 is 13.9. The Bertz CT molecular complexity index is 588. The van der Waals surface area contributed by atoms with Crippen LogP contribution in [0.1, 0.15) is 26.3 Å². The Morgan fingerprint density at radius 1 is 1.24 bits per heavy atom. The molecule has 17 heavy (non-hydrogen) atoms.